The number of nitrogens with zero attached hydrogens (tertiary/aromatic N) is 1. The zero-order chi connectivity index (χ0) is 7.73. The highest BCUT2D eigenvalue weighted by molar-refractivity contribution is 4.98. The molecule has 0 saturated carbocycles. The topological polar surface area (TPSA) is 27.3 Å². The van der Waals surface area contributed by atoms with Crippen molar-refractivity contribution in [3.63, 3.8) is 0 Å². The lowest BCUT2D eigenvalue weighted by atomic mass is 9.90. The summed E-state index contributed by atoms with van der Waals surface area (Å²) < 4.78 is 0. The van der Waals surface area contributed by atoms with E-state index >= 15 is 0 Å². The van der Waals surface area contributed by atoms with Gasteiger partial charge in [0.05, 0.1) is 0 Å². The van der Waals surface area contributed by atoms with Crippen LogP contribution in [0.1, 0.15) is 12.8 Å². The lowest BCUT2D eigenvalue weighted by molar-refractivity contribution is 0.171. The number of nitrogens with one attached hydrogen (secondary N) is 2. The van der Waals surface area contributed by atoms with Crippen LogP contribution < -0.4 is 10.6 Å². The molecule has 0 aliphatic carbocycles. The van der Waals surface area contributed by atoms with Crippen molar-refractivity contribution in [3.8, 4) is 0 Å². The van der Waals surface area contributed by atoms with Gasteiger partial charge < -0.3 is 10.2 Å². The summed E-state index contributed by atoms with van der Waals surface area (Å²) in [5.74, 6) is 0. The number of rotatable bonds is 0. The van der Waals surface area contributed by atoms with Gasteiger partial charge in [0, 0.05) is 25.3 Å². The third kappa shape index (κ3) is 1.41. The van der Waals surface area contributed by atoms with Gasteiger partial charge in [-0.25, -0.2) is 0 Å². The number of likely N-dealkylation sites (N-methyl/N-ethyl adjacent to an activating group) is 1. The molecular formula is C8H17N3. The lowest BCUT2D eigenvalue weighted by Gasteiger charge is -2.38. The fourth-order valence-corrected chi connectivity index (χ4v) is 2.27. The molecule has 0 bridgehead atoms. The molecule has 0 aromatic carbocycles. The fraction of sp³-hybridized carbons (Fsp3) is 1.00. The first kappa shape index (κ1) is 7.53. The Bertz CT molecular complexity index is 140. The van der Waals surface area contributed by atoms with Crippen molar-refractivity contribution in [3.05, 3.63) is 0 Å². The van der Waals surface area contributed by atoms with Gasteiger partial charge in [-0.05, 0) is 26.4 Å². The van der Waals surface area contributed by atoms with Crippen molar-refractivity contribution in [2.75, 3.05) is 33.4 Å². The third-order valence-corrected chi connectivity index (χ3v) is 2.82. The molecule has 0 amide bonds. The molecule has 0 aromatic rings. The standard InChI is InChI=1S/C8H17N3/c1-11-4-2-3-8(6-11)5-9-7-10-8/h9-10H,2-7H2,1H3. The first-order valence-electron chi connectivity index (χ1n) is 4.45. The summed E-state index contributed by atoms with van der Waals surface area (Å²) in [5, 5.41) is 6.92. The van der Waals surface area contributed by atoms with Crippen LogP contribution in [0, 0.1) is 0 Å². The molecule has 2 saturated heterocycles. The Morgan fingerprint density at radius 1 is 1.45 bits per heavy atom. The maximum atomic E-state index is 3.55. The summed E-state index contributed by atoms with van der Waals surface area (Å²) in [6.07, 6.45) is 2.68. The van der Waals surface area contributed by atoms with E-state index in [1.165, 1.54) is 25.9 Å². The lowest BCUT2D eigenvalue weighted by Crippen LogP contribution is -2.54. The van der Waals surface area contributed by atoms with Crippen LogP contribution in [0.2, 0.25) is 0 Å². The van der Waals surface area contributed by atoms with E-state index in [4.69, 9.17) is 0 Å². The van der Waals surface area contributed by atoms with E-state index < -0.39 is 0 Å². The predicted octanol–water partition coefficient (Wildman–Crippen LogP) is -0.399. The second-order valence-corrected chi connectivity index (χ2v) is 3.90. The van der Waals surface area contributed by atoms with Crippen molar-refractivity contribution in [2.45, 2.75) is 18.4 Å². The van der Waals surface area contributed by atoms with Gasteiger partial charge in [-0.3, -0.25) is 5.32 Å². The van der Waals surface area contributed by atoms with Crippen molar-refractivity contribution >= 4 is 0 Å². The maximum absolute atomic E-state index is 3.55. The zero-order valence-corrected chi connectivity index (χ0v) is 7.19. The molecule has 2 rings (SSSR count). The molecule has 1 unspecified atom stereocenters. The first-order valence-corrected chi connectivity index (χ1v) is 4.45. The van der Waals surface area contributed by atoms with Crippen molar-refractivity contribution in [1.29, 1.82) is 0 Å². The van der Waals surface area contributed by atoms with Crippen LogP contribution in [0.3, 0.4) is 0 Å². The Hall–Kier alpha value is -0.120. The van der Waals surface area contributed by atoms with E-state index in [9.17, 15) is 0 Å². The van der Waals surface area contributed by atoms with Gasteiger partial charge in [-0.1, -0.05) is 0 Å². The first-order chi connectivity index (χ1) is 5.31. The molecule has 3 heteroatoms. The van der Waals surface area contributed by atoms with Crippen LogP contribution in [-0.4, -0.2) is 43.8 Å². The molecule has 64 valence electrons. The minimum atomic E-state index is 0.410. The smallest absolute Gasteiger partial charge is 0.0460 e. The Labute approximate surface area is 68.1 Å². The summed E-state index contributed by atoms with van der Waals surface area (Å²) in [7, 11) is 2.21. The average Bonchev–Trinajstić information content (AvgIpc) is 2.37. The van der Waals surface area contributed by atoms with Crippen LogP contribution in [0.15, 0.2) is 0 Å². The van der Waals surface area contributed by atoms with Gasteiger partial charge in [-0.2, -0.15) is 0 Å². The molecule has 11 heavy (non-hydrogen) atoms. The second kappa shape index (κ2) is 2.73. The van der Waals surface area contributed by atoms with Crippen LogP contribution in [0.25, 0.3) is 0 Å². The van der Waals surface area contributed by atoms with Crippen LogP contribution in [-0.2, 0) is 0 Å². The van der Waals surface area contributed by atoms with Crippen LogP contribution in [0.5, 0.6) is 0 Å². The van der Waals surface area contributed by atoms with Crippen LogP contribution >= 0.6 is 0 Å². The van der Waals surface area contributed by atoms with E-state index in [0.29, 0.717) is 5.54 Å². The zero-order valence-electron chi connectivity index (χ0n) is 7.19. The Kier molecular flexibility index (Phi) is 1.87. The minimum Gasteiger partial charge on any atom is -0.304 e. The Morgan fingerprint density at radius 2 is 2.36 bits per heavy atom. The largest absolute Gasteiger partial charge is 0.304 e. The molecule has 1 spiro atoms. The summed E-state index contributed by atoms with van der Waals surface area (Å²) >= 11 is 0. The summed E-state index contributed by atoms with van der Waals surface area (Å²) in [4.78, 5) is 2.42. The highest BCUT2D eigenvalue weighted by atomic mass is 15.3. The normalized spacial score (nSPS) is 40.1. The van der Waals surface area contributed by atoms with E-state index in [0.717, 1.165) is 13.2 Å². The highest BCUT2D eigenvalue weighted by Crippen LogP contribution is 2.21. The predicted molar refractivity (Wildman–Crippen MR) is 45.5 cm³/mol. The summed E-state index contributed by atoms with van der Waals surface area (Å²) in [6, 6.07) is 0. The summed E-state index contributed by atoms with van der Waals surface area (Å²) in [5.41, 5.74) is 0.410. The van der Waals surface area contributed by atoms with E-state index in [1.807, 2.05) is 0 Å². The molecule has 0 radical (unpaired) electrons. The van der Waals surface area contributed by atoms with Crippen molar-refractivity contribution < 1.29 is 0 Å². The van der Waals surface area contributed by atoms with Gasteiger partial charge in [0.15, 0.2) is 0 Å². The van der Waals surface area contributed by atoms with Gasteiger partial charge in [-0.15, -0.1) is 0 Å². The number of likely N-dealkylation sites (tertiary alicyclic amines) is 1. The van der Waals surface area contributed by atoms with E-state index in [-0.39, 0.29) is 0 Å². The van der Waals surface area contributed by atoms with E-state index in [1.54, 1.807) is 0 Å². The SMILES string of the molecule is CN1CCCC2(CNCN2)C1. The molecule has 2 heterocycles. The van der Waals surface area contributed by atoms with Gasteiger partial charge in [0.1, 0.15) is 0 Å². The van der Waals surface area contributed by atoms with Gasteiger partial charge in [0.25, 0.3) is 0 Å². The number of piperidine rings is 1. The maximum Gasteiger partial charge on any atom is 0.0460 e. The van der Waals surface area contributed by atoms with Crippen molar-refractivity contribution in [2.24, 2.45) is 0 Å². The molecule has 1 atom stereocenters. The quantitative estimate of drug-likeness (QED) is 0.498. The monoisotopic (exact) mass is 155 g/mol. The highest BCUT2D eigenvalue weighted by Gasteiger charge is 2.36. The number of hydrogen-bond donors (Lipinski definition) is 2. The molecular weight excluding hydrogens is 138 g/mol. The minimum absolute atomic E-state index is 0.410. The van der Waals surface area contributed by atoms with Gasteiger partial charge >= 0.3 is 0 Å². The van der Waals surface area contributed by atoms with Crippen molar-refractivity contribution in [1.82, 2.24) is 15.5 Å². The molecule has 2 fully saturated rings. The molecule has 2 aliphatic heterocycles. The second-order valence-electron chi connectivity index (χ2n) is 3.90. The number of hydrogen-bond acceptors (Lipinski definition) is 3. The molecule has 0 aromatic heterocycles. The third-order valence-electron chi connectivity index (χ3n) is 2.82. The van der Waals surface area contributed by atoms with E-state index in [2.05, 4.69) is 22.6 Å². The molecule has 3 nitrogen and oxygen atoms in total. The van der Waals surface area contributed by atoms with Crippen LogP contribution in [0.4, 0.5) is 0 Å². The average molecular weight is 155 g/mol. The molecule has 2 aliphatic rings. The van der Waals surface area contributed by atoms with Gasteiger partial charge in [0.2, 0.25) is 0 Å². The molecule has 2 N–H and O–H groups in total. The Morgan fingerprint density at radius 3 is 3.00 bits per heavy atom. The summed E-state index contributed by atoms with van der Waals surface area (Å²) in [6.45, 7) is 4.62. The fourth-order valence-electron chi connectivity index (χ4n) is 2.27. The Balaban J connectivity index is 2.00.